The molecule has 0 aliphatic heterocycles. The topological polar surface area (TPSA) is 29.1 Å². The Kier molecular flexibility index (Phi) is 7.64. The minimum atomic E-state index is 0.0893. The molecule has 22 heavy (non-hydrogen) atoms. The summed E-state index contributed by atoms with van der Waals surface area (Å²) in [6.45, 7) is 0.743. The minimum Gasteiger partial charge on any atom is -0.355 e. The predicted octanol–water partition coefficient (Wildman–Crippen LogP) is 5.23. The van der Waals surface area contributed by atoms with Gasteiger partial charge in [0.2, 0.25) is 5.91 Å². The Hall–Kier alpha value is -0.640. The first-order valence-corrected chi connectivity index (χ1v) is 9.52. The monoisotopic (exact) mass is 357 g/mol. The van der Waals surface area contributed by atoms with Gasteiger partial charge in [-0.2, -0.15) is 0 Å². The van der Waals surface area contributed by atoms with Crippen LogP contribution in [0.2, 0.25) is 10.0 Å². The van der Waals surface area contributed by atoms with E-state index < -0.39 is 0 Å². The Morgan fingerprint density at radius 1 is 1.27 bits per heavy atom. The van der Waals surface area contributed by atoms with Crippen LogP contribution in [-0.4, -0.2) is 18.2 Å². The third-order valence-electron chi connectivity index (χ3n) is 3.66. The van der Waals surface area contributed by atoms with Gasteiger partial charge in [-0.25, -0.2) is 0 Å². The van der Waals surface area contributed by atoms with E-state index in [4.69, 9.17) is 23.2 Å². The van der Waals surface area contributed by atoms with Crippen molar-refractivity contribution in [2.45, 2.75) is 37.9 Å². The maximum atomic E-state index is 11.8. The molecule has 0 saturated carbocycles. The number of amides is 1. The van der Waals surface area contributed by atoms with E-state index in [1.165, 1.54) is 31.3 Å². The van der Waals surface area contributed by atoms with Gasteiger partial charge in [0.1, 0.15) is 0 Å². The summed E-state index contributed by atoms with van der Waals surface area (Å²) in [5.41, 5.74) is 2.50. The fourth-order valence-corrected chi connectivity index (χ4v) is 3.85. The highest BCUT2D eigenvalue weighted by Crippen LogP contribution is 2.24. The molecule has 0 fully saturated rings. The van der Waals surface area contributed by atoms with E-state index in [1.807, 2.05) is 12.1 Å². The summed E-state index contributed by atoms with van der Waals surface area (Å²) in [6.07, 6.45) is 8.30. The Morgan fingerprint density at radius 3 is 2.86 bits per heavy atom. The second-order valence-electron chi connectivity index (χ2n) is 5.44. The first-order chi connectivity index (χ1) is 10.6. The van der Waals surface area contributed by atoms with Gasteiger partial charge in [0, 0.05) is 22.3 Å². The van der Waals surface area contributed by atoms with Crippen molar-refractivity contribution in [2.24, 2.45) is 0 Å². The SMILES string of the molecule is O=C(CSCc1ccc(Cl)cc1Cl)NCCC1=CCCCC1. The van der Waals surface area contributed by atoms with Gasteiger partial charge < -0.3 is 5.32 Å². The van der Waals surface area contributed by atoms with Crippen LogP contribution in [0.25, 0.3) is 0 Å². The standard InChI is InChI=1S/C17H21Cl2NOS/c18-15-7-6-14(16(19)10-15)11-22-12-17(21)20-9-8-13-4-2-1-3-5-13/h4,6-7,10H,1-3,5,8-9,11-12H2,(H,20,21). The molecule has 0 atom stereocenters. The zero-order valence-electron chi connectivity index (χ0n) is 12.5. The number of rotatable bonds is 7. The van der Waals surface area contributed by atoms with Crippen LogP contribution in [0.4, 0.5) is 0 Å². The van der Waals surface area contributed by atoms with Gasteiger partial charge in [0.15, 0.2) is 0 Å². The molecule has 0 unspecified atom stereocenters. The van der Waals surface area contributed by atoms with Gasteiger partial charge in [-0.1, -0.05) is 40.9 Å². The molecule has 1 aliphatic carbocycles. The Balaban J connectivity index is 1.62. The van der Waals surface area contributed by atoms with Crippen LogP contribution in [-0.2, 0) is 10.5 Å². The van der Waals surface area contributed by atoms with E-state index in [-0.39, 0.29) is 5.91 Å². The van der Waals surface area contributed by atoms with Gasteiger partial charge >= 0.3 is 0 Å². The molecule has 5 heteroatoms. The molecule has 2 rings (SSSR count). The highest BCUT2D eigenvalue weighted by molar-refractivity contribution is 7.99. The highest BCUT2D eigenvalue weighted by Gasteiger charge is 2.06. The summed E-state index contributed by atoms with van der Waals surface area (Å²) in [6, 6.07) is 5.46. The maximum absolute atomic E-state index is 11.8. The summed E-state index contributed by atoms with van der Waals surface area (Å²) in [5, 5.41) is 4.28. The molecule has 0 radical (unpaired) electrons. The Labute approximate surface area is 146 Å². The number of hydrogen-bond donors (Lipinski definition) is 1. The number of allylic oxidation sites excluding steroid dienone is 1. The molecule has 120 valence electrons. The van der Waals surface area contributed by atoms with Crippen molar-refractivity contribution < 1.29 is 4.79 Å². The maximum Gasteiger partial charge on any atom is 0.230 e. The van der Waals surface area contributed by atoms with Crippen molar-refractivity contribution in [3.63, 3.8) is 0 Å². The number of thioether (sulfide) groups is 1. The average molecular weight is 358 g/mol. The molecule has 0 saturated heterocycles. The zero-order valence-corrected chi connectivity index (χ0v) is 14.9. The van der Waals surface area contributed by atoms with E-state index in [0.29, 0.717) is 21.6 Å². The largest absolute Gasteiger partial charge is 0.355 e. The van der Waals surface area contributed by atoms with Crippen molar-refractivity contribution in [1.29, 1.82) is 0 Å². The lowest BCUT2D eigenvalue weighted by atomic mass is 9.97. The van der Waals surface area contributed by atoms with Crippen LogP contribution in [0.3, 0.4) is 0 Å². The van der Waals surface area contributed by atoms with Gasteiger partial charge in [0.05, 0.1) is 5.75 Å². The van der Waals surface area contributed by atoms with Crippen LogP contribution >= 0.6 is 35.0 Å². The van der Waals surface area contributed by atoms with E-state index in [1.54, 1.807) is 17.8 Å². The minimum absolute atomic E-state index is 0.0893. The average Bonchev–Trinajstić information content (AvgIpc) is 2.50. The Bertz CT molecular complexity index is 545. The van der Waals surface area contributed by atoms with Crippen LogP contribution in [0.5, 0.6) is 0 Å². The number of nitrogens with one attached hydrogen (secondary N) is 1. The summed E-state index contributed by atoms with van der Waals surface area (Å²) < 4.78 is 0. The summed E-state index contributed by atoms with van der Waals surface area (Å²) >= 11 is 13.5. The van der Waals surface area contributed by atoms with Crippen molar-refractivity contribution >= 4 is 40.9 Å². The van der Waals surface area contributed by atoms with E-state index >= 15 is 0 Å². The lowest BCUT2D eigenvalue weighted by molar-refractivity contribution is -0.118. The Morgan fingerprint density at radius 2 is 2.14 bits per heavy atom. The first kappa shape index (κ1) is 17.7. The lowest BCUT2D eigenvalue weighted by Crippen LogP contribution is -2.26. The number of benzene rings is 1. The van der Waals surface area contributed by atoms with Crippen LogP contribution in [0.1, 0.15) is 37.7 Å². The summed E-state index contributed by atoms with van der Waals surface area (Å²) in [5.74, 6) is 1.26. The lowest BCUT2D eigenvalue weighted by Gasteiger charge is -2.13. The fraction of sp³-hybridized carbons (Fsp3) is 0.471. The highest BCUT2D eigenvalue weighted by atomic mass is 35.5. The summed E-state index contributed by atoms with van der Waals surface area (Å²) in [7, 11) is 0. The number of halogens is 2. The molecule has 1 aliphatic rings. The predicted molar refractivity (Wildman–Crippen MR) is 96.8 cm³/mol. The quantitative estimate of drug-likeness (QED) is 0.676. The molecule has 1 aromatic carbocycles. The number of carbonyl (C=O) groups is 1. The van der Waals surface area contributed by atoms with Crippen LogP contribution < -0.4 is 5.32 Å². The van der Waals surface area contributed by atoms with Crippen molar-refractivity contribution in [3.8, 4) is 0 Å². The molecule has 0 aromatic heterocycles. The fourth-order valence-electron chi connectivity index (χ4n) is 2.44. The summed E-state index contributed by atoms with van der Waals surface area (Å²) in [4.78, 5) is 11.8. The smallest absolute Gasteiger partial charge is 0.230 e. The second-order valence-corrected chi connectivity index (χ2v) is 7.27. The molecule has 0 heterocycles. The third-order valence-corrected chi connectivity index (χ3v) is 5.23. The van der Waals surface area contributed by atoms with E-state index in [0.717, 1.165) is 18.5 Å². The normalized spacial score (nSPS) is 14.5. The molecular weight excluding hydrogens is 337 g/mol. The molecular formula is C17H21Cl2NOS. The third kappa shape index (κ3) is 6.23. The van der Waals surface area contributed by atoms with E-state index in [2.05, 4.69) is 11.4 Å². The first-order valence-electron chi connectivity index (χ1n) is 7.61. The van der Waals surface area contributed by atoms with Gasteiger partial charge in [-0.3, -0.25) is 4.79 Å². The van der Waals surface area contributed by atoms with E-state index in [9.17, 15) is 4.79 Å². The molecule has 1 N–H and O–H groups in total. The van der Waals surface area contributed by atoms with Crippen LogP contribution in [0.15, 0.2) is 29.8 Å². The molecule has 0 bridgehead atoms. The van der Waals surface area contributed by atoms with Crippen molar-refractivity contribution in [1.82, 2.24) is 5.32 Å². The molecule has 2 nitrogen and oxygen atoms in total. The van der Waals surface area contributed by atoms with Crippen molar-refractivity contribution in [3.05, 3.63) is 45.5 Å². The number of hydrogen-bond acceptors (Lipinski definition) is 2. The molecule has 1 amide bonds. The second kappa shape index (κ2) is 9.49. The van der Waals surface area contributed by atoms with Gasteiger partial charge in [0.25, 0.3) is 0 Å². The van der Waals surface area contributed by atoms with Crippen LogP contribution in [0, 0.1) is 0 Å². The molecule has 0 spiro atoms. The van der Waals surface area contributed by atoms with Crippen molar-refractivity contribution in [2.75, 3.05) is 12.3 Å². The van der Waals surface area contributed by atoms with Gasteiger partial charge in [-0.05, 0) is 49.8 Å². The zero-order chi connectivity index (χ0) is 15.8. The number of carbonyl (C=O) groups excluding carboxylic acids is 1. The van der Waals surface area contributed by atoms with Gasteiger partial charge in [-0.15, -0.1) is 11.8 Å². The molecule has 1 aromatic rings.